The van der Waals surface area contributed by atoms with Gasteiger partial charge in [0.15, 0.2) is 5.82 Å². The molecule has 1 aliphatic heterocycles. The fraction of sp³-hybridized carbons (Fsp3) is 0.138. The smallest absolute Gasteiger partial charge is 0.323 e. The molecule has 0 fully saturated rings. The van der Waals surface area contributed by atoms with E-state index in [4.69, 9.17) is 10.3 Å². The van der Waals surface area contributed by atoms with Crippen molar-refractivity contribution in [2.24, 2.45) is 5.73 Å². The van der Waals surface area contributed by atoms with Crippen molar-refractivity contribution >= 4 is 34.4 Å². The van der Waals surface area contributed by atoms with Gasteiger partial charge in [-0.1, -0.05) is 47.6 Å². The van der Waals surface area contributed by atoms with Crippen LogP contribution in [0, 0.1) is 13.8 Å². The number of primary amides is 1. The Morgan fingerprint density at radius 3 is 2.56 bits per heavy atom. The molecular weight excluding hydrogens is 496 g/mol. The first-order valence-corrected chi connectivity index (χ1v) is 12.3. The molecule has 4 N–H and O–H groups in total. The number of H-pyrrole nitrogens is 1. The molecule has 0 bridgehead atoms. The number of carbonyl (C=O) groups excluding carboxylic acids is 3. The van der Waals surface area contributed by atoms with Gasteiger partial charge in [-0.3, -0.25) is 9.59 Å². The maximum atomic E-state index is 13.5. The van der Waals surface area contributed by atoms with E-state index in [1.807, 2.05) is 62.4 Å². The number of benzene rings is 3. The molecule has 5 aromatic rings. The maximum Gasteiger partial charge on any atom is 0.323 e. The third-order valence-corrected chi connectivity index (χ3v) is 6.95. The minimum atomic E-state index is -0.642. The molecule has 39 heavy (non-hydrogen) atoms. The van der Waals surface area contributed by atoms with E-state index in [0.29, 0.717) is 22.5 Å². The minimum Gasteiger partial charge on any atom is -0.366 e. The third-order valence-electron chi connectivity index (χ3n) is 6.95. The van der Waals surface area contributed by atoms with Crippen LogP contribution in [0.3, 0.4) is 0 Å². The molecule has 1 atom stereocenters. The first-order valence-electron chi connectivity index (χ1n) is 12.3. The van der Waals surface area contributed by atoms with E-state index in [-0.39, 0.29) is 17.9 Å². The van der Waals surface area contributed by atoms with Gasteiger partial charge >= 0.3 is 6.03 Å². The Morgan fingerprint density at radius 1 is 1.05 bits per heavy atom. The van der Waals surface area contributed by atoms with Gasteiger partial charge in [-0.15, -0.1) is 0 Å². The Balaban J connectivity index is 1.42. The highest BCUT2D eigenvalue weighted by Gasteiger charge is 2.36. The number of urea groups is 1. The molecule has 0 spiro atoms. The third kappa shape index (κ3) is 4.11. The lowest BCUT2D eigenvalue weighted by Gasteiger charge is -2.37. The van der Waals surface area contributed by atoms with Crippen molar-refractivity contribution in [2.45, 2.75) is 19.9 Å². The van der Waals surface area contributed by atoms with Crippen LogP contribution in [-0.4, -0.2) is 44.3 Å². The molecule has 10 nitrogen and oxygen atoms in total. The number of nitrogens with two attached hydrogens (primary N) is 1. The zero-order valence-corrected chi connectivity index (χ0v) is 21.2. The second-order valence-electron chi connectivity index (χ2n) is 9.45. The molecule has 1 unspecified atom stereocenters. The second-order valence-corrected chi connectivity index (χ2v) is 9.45. The lowest BCUT2D eigenvalue weighted by molar-refractivity contribution is 0.0921. The van der Waals surface area contributed by atoms with Crippen LogP contribution in [0.2, 0.25) is 0 Å². The summed E-state index contributed by atoms with van der Waals surface area (Å²) >= 11 is 0. The zero-order chi connectivity index (χ0) is 27.3. The summed E-state index contributed by atoms with van der Waals surface area (Å²) in [6, 6.07) is 19.3. The van der Waals surface area contributed by atoms with Crippen molar-refractivity contribution < 1.29 is 18.9 Å². The van der Waals surface area contributed by atoms with Gasteiger partial charge in [-0.2, -0.15) is 0 Å². The van der Waals surface area contributed by atoms with E-state index in [2.05, 4.69) is 20.4 Å². The minimum absolute atomic E-state index is 0.0357. The Labute approximate surface area is 222 Å². The molecule has 0 saturated carbocycles. The Bertz CT molecular complexity index is 1750. The van der Waals surface area contributed by atoms with Crippen LogP contribution in [0.4, 0.5) is 10.5 Å². The largest absolute Gasteiger partial charge is 0.366 e. The van der Waals surface area contributed by atoms with Gasteiger partial charge in [-0.25, -0.2) is 9.78 Å². The van der Waals surface area contributed by atoms with Crippen molar-refractivity contribution in [3.63, 3.8) is 0 Å². The summed E-state index contributed by atoms with van der Waals surface area (Å²) in [5.41, 5.74) is 11.4. The number of Topliss-reactive ketones (excluding diaryl/α,β-unsaturated/α-hetero) is 1. The number of ketones is 1. The number of hydrogen-bond donors (Lipinski definition) is 3. The molecule has 2 aromatic heterocycles. The van der Waals surface area contributed by atoms with Gasteiger partial charge in [0, 0.05) is 16.8 Å². The van der Waals surface area contributed by atoms with Crippen LogP contribution >= 0.6 is 0 Å². The number of amides is 3. The topological polar surface area (TPSA) is 147 Å². The normalized spacial score (nSPS) is 14.8. The molecule has 1 aliphatic rings. The molecule has 0 radical (unpaired) electrons. The fourth-order valence-corrected chi connectivity index (χ4v) is 5.18. The Kier molecular flexibility index (Phi) is 5.72. The number of carbonyl (C=O) groups is 3. The van der Waals surface area contributed by atoms with Gasteiger partial charge in [0.2, 0.25) is 5.78 Å². The van der Waals surface area contributed by atoms with Crippen LogP contribution in [0.1, 0.15) is 49.6 Å². The van der Waals surface area contributed by atoms with Gasteiger partial charge in [-0.05, 0) is 49.2 Å². The van der Waals surface area contributed by atoms with Crippen LogP contribution in [-0.2, 0) is 0 Å². The van der Waals surface area contributed by atoms with Crippen LogP contribution in [0.25, 0.3) is 22.2 Å². The highest BCUT2D eigenvalue weighted by Crippen LogP contribution is 2.40. The summed E-state index contributed by atoms with van der Waals surface area (Å²) < 4.78 is 5.38. The van der Waals surface area contributed by atoms with E-state index < -0.39 is 23.8 Å². The number of imidazole rings is 1. The number of para-hydroxylation sites is 1. The van der Waals surface area contributed by atoms with Crippen LogP contribution in [0.5, 0.6) is 0 Å². The summed E-state index contributed by atoms with van der Waals surface area (Å²) in [4.78, 5) is 47.5. The molecule has 3 amide bonds. The highest BCUT2D eigenvalue weighted by atomic mass is 16.5. The molecule has 3 heterocycles. The summed E-state index contributed by atoms with van der Waals surface area (Å²) in [6.45, 7) is 3.48. The predicted octanol–water partition coefficient (Wildman–Crippen LogP) is 4.75. The van der Waals surface area contributed by atoms with E-state index >= 15 is 0 Å². The maximum absolute atomic E-state index is 13.5. The van der Waals surface area contributed by atoms with Gasteiger partial charge in [0.05, 0.1) is 29.4 Å². The van der Waals surface area contributed by atoms with Gasteiger partial charge < -0.3 is 25.5 Å². The zero-order valence-electron chi connectivity index (χ0n) is 21.2. The number of aryl methyl sites for hydroxylation is 2. The number of nitrogens with zero attached hydrogens (tertiary/aromatic N) is 3. The van der Waals surface area contributed by atoms with Gasteiger partial charge in [0.25, 0.3) is 5.91 Å². The SMILES string of the molecule is Cc1noc(C)c1-c1ccc2c(c1)C(c1ccccc1)N(CC(=O)c1nc3c(C(N)=O)cccc3[nH]1)C(=O)N2. The number of fused-ring (bicyclic) bond motifs is 2. The number of aromatic amines is 1. The highest BCUT2D eigenvalue weighted by molar-refractivity contribution is 6.07. The summed E-state index contributed by atoms with van der Waals surface area (Å²) in [5.74, 6) is -0.330. The van der Waals surface area contributed by atoms with Crippen LogP contribution in [0.15, 0.2) is 71.3 Å². The van der Waals surface area contributed by atoms with E-state index in [1.54, 1.807) is 18.2 Å². The molecule has 0 aliphatic carbocycles. The van der Waals surface area contributed by atoms with Crippen molar-refractivity contribution in [1.82, 2.24) is 20.0 Å². The van der Waals surface area contributed by atoms with Crippen LogP contribution < -0.4 is 11.1 Å². The Morgan fingerprint density at radius 2 is 1.85 bits per heavy atom. The van der Waals surface area contributed by atoms with Crippen molar-refractivity contribution in [3.8, 4) is 11.1 Å². The van der Waals surface area contributed by atoms with E-state index in [0.717, 1.165) is 27.9 Å². The van der Waals surface area contributed by atoms with E-state index in [1.165, 1.54) is 4.90 Å². The van der Waals surface area contributed by atoms with Crippen molar-refractivity contribution in [2.75, 3.05) is 11.9 Å². The molecule has 194 valence electrons. The van der Waals surface area contributed by atoms with Crippen molar-refractivity contribution in [1.29, 1.82) is 0 Å². The number of nitrogens with one attached hydrogen (secondary N) is 2. The first-order chi connectivity index (χ1) is 18.8. The predicted molar refractivity (Wildman–Crippen MR) is 144 cm³/mol. The number of rotatable bonds is 6. The lowest BCUT2D eigenvalue weighted by atomic mass is 9.90. The average Bonchev–Trinajstić information content (AvgIpc) is 3.52. The quantitative estimate of drug-likeness (QED) is 0.275. The first kappa shape index (κ1) is 24.1. The number of hydrogen-bond acceptors (Lipinski definition) is 6. The number of anilines is 1. The second kappa shape index (κ2) is 9.25. The molecule has 10 heteroatoms. The summed E-state index contributed by atoms with van der Waals surface area (Å²) in [5, 5.41) is 7.00. The van der Waals surface area contributed by atoms with Gasteiger partial charge in [0.1, 0.15) is 11.3 Å². The van der Waals surface area contributed by atoms with Crippen molar-refractivity contribution in [3.05, 3.63) is 101 Å². The Hall–Kier alpha value is -5.25. The fourth-order valence-electron chi connectivity index (χ4n) is 5.18. The molecule has 6 rings (SSSR count). The standard InChI is InChI=1S/C29H24N6O4/c1-15-24(16(2)39-34-15)18-11-12-21-20(13-18)26(17-7-4-3-5-8-17)35(29(38)32-21)14-23(36)28-31-22-10-6-9-19(27(30)37)25(22)33-28/h3-13,26H,14H2,1-2H3,(H2,30,37)(H,31,33)(H,32,38). The molecule has 3 aromatic carbocycles. The summed E-state index contributed by atoms with van der Waals surface area (Å²) in [7, 11) is 0. The summed E-state index contributed by atoms with van der Waals surface area (Å²) in [6.07, 6.45) is 0. The number of aromatic nitrogens is 3. The lowest BCUT2D eigenvalue weighted by Crippen LogP contribution is -2.45. The van der Waals surface area contributed by atoms with E-state index in [9.17, 15) is 14.4 Å². The molecule has 0 saturated heterocycles. The monoisotopic (exact) mass is 520 g/mol. The average molecular weight is 521 g/mol. The molecular formula is C29H24N6O4.